The summed E-state index contributed by atoms with van der Waals surface area (Å²) in [5, 5.41) is 0. The molecule has 0 saturated carbocycles. The van der Waals surface area contributed by atoms with E-state index < -0.39 is 0 Å². The Morgan fingerprint density at radius 3 is 2.33 bits per heavy atom. The molecule has 0 bridgehead atoms. The van der Waals surface area contributed by atoms with E-state index in [2.05, 4.69) is 46.1 Å². The fourth-order valence-electron chi connectivity index (χ4n) is 2.16. The first kappa shape index (κ1) is 15.1. The van der Waals surface area contributed by atoms with Crippen LogP contribution < -0.4 is 5.73 Å². The standard InChI is InChI=1S/C15H29N3/c1-7-8-9-18-13(16)12(10-15(4,5)6)17-14(18)11(2)3/h11H,7-10,16H2,1-6H3. The molecule has 0 atom stereocenters. The van der Waals surface area contributed by atoms with Gasteiger partial charge in [0.1, 0.15) is 11.6 Å². The summed E-state index contributed by atoms with van der Waals surface area (Å²) in [6.07, 6.45) is 3.29. The van der Waals surface area contributed by atoms with Crippen molar-refractivity contribution in [3.8, 4) is 0 Å². The minimum absolute atomic E-state index is 0.228. The number of hydrogen-bond acceptors (Lipinski definition) is 2. The quantitative estimate of drug-likeness (QED) is 0.860. The highest BCUT2D eigenvalue weighted by atomic mass is 15.1. The summed E-state index contributed by atoms with van der Waals surface area (Å²) < 4.78 is 2.22. The lowest BCUT2D eigenvalue weighted by Gasteiger charge is -2.16. The minimum atomic E-state index is 0.228. The number of anilines is 1. The minimum Gasteiger partial charge on any atom is -0.384 e. The van der Waals surface area contributed by atoms with E-state index in [0.717, 1.165) is 36.7 Å². The van der Waals surface area contributed by atoms with Crippen molar-refractivity contribution in [2.45, 2.75) is 73.3 Å². The first-order valence-electron chi connectivity index (χ1n) is 7.11. The Hall–Kier alpha value is -0.990. The number of nitrogens with zero attached hydrogens (tertiary/aromatic N) is 2. The Morgan fingerprint density at radius 2 is 1.89 bits per heavy atom. The topological polar surface area (TPSA) is 43.8 Å². The Kier molecular flexibility index (Phi) is 4.83. The van der Waals surface area contributed by atoms with Gasteiger partial charge in [-0.2, -0.15) is 0 Å². The molecule has 0 spiro atoms. The molecule has 0 fully saturated rings. The van der Waals surface area contributed by atoms with Crippen LogP contribution in [-0.4, -0.2) is 9.55 Å². The van der Waals surface area contributed by atoms with Crippen LogP contribution >= 0.6 is 0 Å². The number of rotatable bonds is 5. The van der Waals surface area contributed by atoms with Crippen LogP contribution in [0.1, 0.15) is 71.8 Å². The summed E-state index contributed by atoms with van der Waals surface area (Å²) in [6.45, 7) is 14.3. The molecular weight excluding hydrogens is 222 g/mol. The largest absolute Gasteiger partial charge is 0.384 e. The van der Waals surface area contributed by atoms with Crippen molar-refractivity contribution >= 4 is 5.82 Å². The number of unbranched alkanes of at least 4 members (excludes halogenated alkanes) is 1. The van der Waals surface area contributed by atoms with Gasteiger partial charge in [0.25, 0.3) is 0 Å². The Balaban J connectivity index is 3.07. The molecule has 0 aliphatic carbocycles. The summed E-state index contributed by atoms with van der Waals surface area (Å²) in [7, 11) is 0. The van der Waals surface area contributed by atoms with Gasteiger partial charge in [0.15, 0.2) is 0 Å². The van der Waals surface area contributed by atoms with E-state index in [4.69, 9.17) is 10.7 Å². The van der Waals surface area contributed by atoms with Crippen LogP contribution in [0.15, 0.2) is 0 Å². The van der Waals surface area contributed by atoms with E-state index in [-0.39, 0.29) is 5.41 Å². The Morgan fingerprint density at radius 1 is 1.28 bits per heavy atom. The molecule has 3 heteroatoms. The summed E-state index contributed by atoms with van der Waals surface area (Å²) in [5.41, 5.74) is 7.59. The number of aromatic nitrogens is 2. The van der Waals surface area contributed by atoms with Crippen molar-refractivity contribution in [3.63, 3.8) is 0 Å². The Labute approximate surface area is 112 Å². The zero-order chi connectivity index (χ0) is 13.9. The van der Waals surface area contributed by atoms with Gasteiger partial charge in [-0.15, -0.1) is 0 Å². The van der Waals surface area contributed by atoms with Crippen molar-refractivity contribution in [1.29, 1.82) is 0 Å². The van der Waals surface area contributed by atoms with E-state index >= 15 is 0 Å². The summed E-state index contributed by atoms with van der Waals surface area (Å²) in [5.74, 6) is 2.44. The van der Waals surface area contributed by atoms with Gasteiger partial charge in [-0.25, -0.2) is 4.98 Å². The monoisotopic (exact) mass is 251 g/mol. The average Bonchev–Trinajstić information content (AvgIpc) is 2.51. The maximum Gasteiger partial charge on any atom is 0.126 e. The molecule has 3 nitrogen and oxygen atoms in total. The van der Waals surface area contributed by atoms with Crippen LogP contribution in [0.25, 0.3) is 0 Å². The molecule has 0 amide bonds. The number of imidazole rings is 1. The second-order valence-electron chi connectivity index (χ2n) is 6.70. The van der Waals surface area contributed by atoms with Crippen molar-refractivity contribution in [3.05, 3.63) is 11.5 Å². The second-order valence-corrected chi connectivity index (χ2v) is 6.70. The molecule has 0 radical (unpaired) electrons. The van der Waals surface area contributed by atoms with Crippen LogP contribution in [0.3, 0.4) is 0 Å². The Bertz CT molecular complexity index is 383. The van der Waals surface area contributed by atoms with Crippen molar-refractivity contribution < 1.29 is 0 Å². The van der Waals surface area contributed by atoms with Gasteiger partial charge >= 0.3 is 0 Å². The lowest BCUT2D eigenvalue weighted by atomic mass is 9.90. The maximum absolute atomic E-state index is 6.29. The van der Waals surface area contributed by atoms with E-state index in [1.54, 1.807) is 0 Å². The van der Waals surface area contributed by atoms with Gasteiger partial charge < -0.3 is 10.3 Å². The molecule has 0 aliphatic rings. The van der Waals surface area contributed by atoms with Crippen molar-refractivity contribution in [1.82, 2.24) is 9.55 Å². The molecule has 1 aromatic heterocycles. The van der Waals surface area contributed by atoms with Crippen LogP contribution in [-0.2, 0) is 13.0 Å². The highest BCUT2D eigenvalue weighted by Gasteiger charge is 2.21. The molecule has 0 aromatic carbocycles. The predicted octanol–water partition coefficient (Wildman–Crippen LogP) is 3.98. The van der Waals surface area contributed by atoms with Crippen LogP contribution in [0.2, 0.25) is 0 Å². The SMILES string of the molecule is CCCCn1c(C(C)C)nc(CC(C)(C)C)c1N. The normalized spacial score (nSPS) is 12.4. The molecule has 18 heavy (non-hydrogen) atoms. The van der Waals surface area contributed by atoms with Crippen LogP contribution in [0, 0.1) is 5.41 Å². The third kappa shape index (κ3) is 3.76. The molecule has 0 unspecified atom stereocenters. The fourth-order valence-corrected chi connectivity index (χ4v) is 2.16. The summed E-state index contributed by atoms with van der Waals surface area (Å²) >= 11 is 0. The molecule has 1 rings (SSSR count). The number of nitrogens with two attached hydrogens (primary N) is 1. The third-order valence-electron chi connectivity index (χ3n) is 3.06. The predicted molar refractivity (Wildman–Crippen MR) is 78.8 cm³/mol. The first-order chi connectivity index (χ1) is 8.26. The molecule has 104 valence electrons. The number of nitrogen functional groups attached to an aromatic ring is 1. The van der Waals surface area contributed by atoms with Crippen LogP contribution in [0.4, 0.5) is 5.82 Å². The summed E-state index contributed by atoms with van der Waals surface area (Å²) in [4.78, 5) is 4.79. The van der Waals surface area contributed by atoms with E-state index in [1.807, 2.05) is 0 Å². The summed E-state index contributed by atoms with van der Waals surface area (Å²) in [6, 6.07) is 0. The molecule has 2 N–H and O–H groups in total. The van der Waals surface area contributed by atoms with E-state index in [0.29, 0.717) is 5.92 Å². The van der Waals surface area contributed by atoms with Crippen molar-refractivity contribution in [2.75, 3.05) is 5.73 Å². The zero-order valence-electron chi connectivity index (χ0n) is 12.9. The molecule has 0 saturated heterocycles. The van der Waals surface area contributed by atoms with Crippen molar-refractivity contribution in [2.24, 2.45) is 5.41 Å². The molecule has 0 aliphatic heterocycles. The fraction of sp³-hybridized carbons (Fsp3) is 0.800. The average molecular weight is 251 g/mol. The van der Waals surface area contributed by atoms with Gasteiger partial charge in [0.05, 0.1) is 5.69 Å². The molecular formula is C15H29N3. The highest BCUT2D eigenvalue weighted by molar-refractivity contribution is 5.39. The second kappa shape index (κ2) is 5.77. The lowest BCUT2D eigenvalue weighted by Crippen LogP contribution is -2.12. The first-order valence-corrected chi connectivity index (χ1v) is 7.11. The van der Waals surface area contributed by atoms with Gasteiger partial charge in [-0.05, 0) is 18.3 Å². The zero-order valence-corrected chi connectivity index (χ0v) is 12.9. The number of hydrogen-bond donors (Lipinski definition) is 1. The molecule has 1 heterocycles. The van der Waals surface area contributed by atoms with Gasteiger partial charge in [-0.1, -0.05) is 48.0 Å². The van der Waals surface area contributed by atoms with E-state index in [9.17, 15) is 0 Å². The van der Waals surface area contributed by atoms with Gasteiger partial charge in [0, 0.05) is 12.5 Å². The van der Waals surface area contributed by atoms with Gasteiger partial charge in [0.2, 0.25) is 0 Å². The molecule has 1 aromatic rings. The van der Waals surface area contributed by atoms with Crippen LogP contribution in [0.5, 0.6) is 0 Å². The smallest absolute Gasteiger partial charge is 0.126 e. The van der Waals surface area contributed by atoms with E-state index in [1.165, 1.54) is 6.42 Å². The third-order valence-corrected chi connectivity index (χ3v) is 3.06. The van der Waals surface area contributed by atoms with Gasteiger partial charge in [-0.3, -0.25) is 0 Å². The highest BCUT2D eigenvalue weighted by Crippen LogP contribution is 2.27. The lowest BCUT2D eigenvalue weighted by molar-refractivity contribution is 0.407. The maximum atomic E-state index is 6.29.